The molecule has 9 aromatic carbocycles. The van der Waals surface area contributed by atoms with Gasteiger partial charge in [0.15, 0.2) is 0 Å². The lowest BCUT2D eigenvalue weighted by Crippen LogP contribution is -2.17. The third-order valence-electron chi connectivity index (χ3n) is 14.4. The van der Waals surface area contributed by atoms with Gasteiger partial charge in [-0.25, -0.2) is 0 Å². The first-order valence-electron chi connectivity index (χ1n) is 22.9. The number of hydrogen-bond acceptors (Lipinski definition) is 1. The molecule has 1 aromatic heterocycles. The van der Waals surface area contributed by atoms with Gasteiger partial charge in [-0.3, -0.25) is 0 Å². The number of rotatable bonds is 7. The molecule has 2 heteroatoms. The Morgan fingerprint density at radius 3 is 1.87 bits per heavy atom. The van der Waals surface area contributed by atoms with E-state index in [1.54, 1.807) is 0 Å². The minimum Gasteiger partial charge on any atom is -0.309 e. The lowest BCUT2D eigenvalue weighted by molar-refractivity contribution is 0.443. The Morgan fingerprint density at radius 1 is 0.444 bits per heavy atom. The van der Waals surface area contributed by atoms with E-state index in [1.807, 2.05) is 0 Å². The van der Waals surface area contributed by atoms with Gasteiger partial charge in [0.25, 0.3) is 0 Å². The zero-order valence-electron chi connectivity index (χ0n) is 36.1. The Kier molecular flexibility index (Phi) is 8.97. The maximum atomic E-state index is 2.53. The number of fused-ring (bicyclic) bond motifs is 7. The van der Waals surface area contributed by atoms with Crippen molar-refractivity contribution in [2.75, 3.05) is 4.90 Å². The topological polar surface area (TPSA) is 8.17 Å². The zero-order chi connectivity index (χ0) is 42.1. The van der Waals surface area contributed by atoms with Crippen LogP contribution in [0.15, 0.2) is 200 Å². The third-order valence-corrected chi connectivity index (χ3v) is 14.4. The van der Waals surface area contributed by atoms with Gasteiger partial charge < -0.3 is 9.47 Å². The number of aromatic nitrogens is 1. The molecule has 63 heavy (non-hydrogen) atoms. The molecular formula is C61H50N2. The Hall–Kier alpha value is -7.16. The highest BCUT2D eigenvalue weighted by Crippen LogP contribution is 2.52. The summed E-state index contributed by atoms with van der Waals surface area (Å²) in [5, 5.41) is 4.93. The van der Waals surface area contributed by atoms with Crippen LogP contribution < -0.4 is 4.90 Å². The van der Waals surface area contributed by atoms with Crippen LogP contribution in [0.5, 0.6) is 0 Å². The van der Waals surface area contributed by atoms with E-state index in [0.29, 0.717) is 5.92 Å². The smallest absolute Gasteiger partial charge is 0.0618 e. The molecule has 0 spiro atoms. The molecule has 2 nitrogen and oxygen atoms in total. The van der Waals surface area contributed by atoms with Crippen LogP contribution in [-0.2, 0) is 5.41 Å². The summed E-state index contributed by atoms with van der Waals surface area (Å²) in [5.41, 5.74) is 18.6. The first-order chi connectivity index (χ1) is 31.0. The van der Waals surface area contributed by atoms with E-state index in [9.17, 15) is 0 Å². The van der Waals surface area contributed by atoms with Crippen LogP contribution in [0.25, 0.3) is 71.6 Å². The molecule has 10 aromatic rings. The molecule has 1 saturated carbocycles. The standard InChI is InChI=1S/C61H50N2/c1-61(2)56-23-13-11-21-52(56)53-38-35-49(40-57(53)61)62(48-33-29-44(30-34-48)43-27-25-42(26-28-43)41-15-5-3-6-16-41)60-50-20-10-9-17-45(50)31-36-51(60)46-32-37-55-54-22-12-14-24-58(54)63(59(55)39-46)47-18-7-4-8-19-47/h4,7-14,17-41H,3,5-6,15-16H2,1-2H3. The van der Waals surface area contributed by atoms with Crippen molar-refractivity contribution in [2.24, 2.45) is 0 Å². The molecular weight excluding hydrogens is 761 g/mol. The lowest BCUT2D eigenvalue weighted by atomic mass is 9.82. The molecule has 0 atom stereocenters. The number of anilines is 3. The average molecular weight is 811 g/mol. The van der Waals surface area contributed by atoms with Crippen molar-refractivity contribution in [2.45, 2.75) is 57.3 Å². The minimum atomic E-state index is -0.140. The Morgan fingerprint density at radius 2 is 1.06 bits per heavy atom. The fourth-order valence-electron chi connectivity index (χ4n) is 11.1. The molecule has 0 saturated heterocycles. The second-order valence-corrected chi connectivity index (χ2v) is 18.3. The fourth-order valence-corrected chi connectivity index (χ4v) is 11.1. The van der Waals surface area contributed by atoms with E-state index in [-0.39, 0.29) is 5.41 Å². The van der Waals surface area contributed by atoms with E-state index < -0.39 is 0 Å². The van der Waals surface area contributed by atoms with E-state index in [0.717, 1.165) is 17.1 Å². The van der Waals surface area contributed by atoms with Gasteiger partial charge in [-0.2, -0.15) is 0 Å². The second-order valence-electron chi connectivity index (χ2n) is 18.3. The van der Waals surface area contributed by atoms with Gasteiger partial charge in [-0.15, -0.1) is 0 Å². The molecule has 12 rings (SSSR count). The first kappa shape index (κ1) is 37.6. The maximum absolute atomic E-state index is 2.53. The summed E-state index contributed by atoms with van der Waals surface area (Å²) in [6, 6.07) is 75.1. The van der Waals surface area contributed by atoms with Gasteiger partial charge in [-0.05, 0) is 117 Å². The molecule has 0 bridgehead atoms. The Labute approximate surface area is 370 Å². The number of nitrogens with zero attached hydrogens (tertiary/aromatic N) is 2. The predicted molar refractivity (Wildman–Crippen MR) is 267 cm³/mol. The molecule has 1 heterocycles. The van der Waals surface area contributed by atoms with Gasteiger partial charge in [-0.1, -0.05) is 185 Å². The zero-order valence-corrected chi connectivity index (χ0v) is 36.1. The number of hydrogen-bond donors (Lipinski definition) is 0. The van der Waals surface area contributed by atoms with Crippen LogP contribution in [0.3, 0.4) is 0 Å². The van der Waals surface area contributed by atoms with Gasteiger partial charge in [0.1, 0.15) is 0 Å². The molecule has 304 valence electrons. The number of para-hydroxylation sites is 2. The summed E-state index contributed by atoms with van der Waals surface area (Å²) in [7, 11) is 0. The summed E-state index contributed by atoms with van der Waals surface area (Å²) in [6.45, 7) is 4.76. The summed E-state index contributed by atoms with van der Waals surface area (Å²) < 4.78 is 2.42. The molecule has 1 fully saturated rings. The highest BCUT2D eigenvalue weighted by molar-refractivity contribution is 6.12. The summed E-state index contributed by atoms with van der Waals surface area (Å²) in [6.07, 6.45) is 6.71. The summed E-state index contributed by atoms with van der Waals surface area (Å²) in [4.78, 5) is 2.53. The van der Waals surface area contributed by atoms with Crippen LogP contribution in [0, 0.1) is 0 Å². The molecule has 0 unspecified atom stereocenters. The average Bonchev–Trinajstić information content (AvgIpc) is 3.80. The fraction of sp³-hybridized carbons (Fsp3) is 0.148. The largest absolute Gasteiger partial charge is 0.309 e. The van der Waals surface area contributed by atoms with Crippen molar-refractivity contribution in [3.05, 3.63) is 217 Å². The van der Waals surface area contributed by atoms with Crippen LogP contribution in [0.4, 0.5) is 17.1 Å². The monoisotopic (exact) mass is 810 g/mol. The summed E-state index contributed by atoms with van der Waals surface area (Å²) >= 11 is 0. The minimum absolute atomic E-state index is 0.140. The summed E-state index contributed by atoms with van der Waals surface area (Å²) in [5.74, 6) is 0.700. The van der Waals surface area contributed by atoms with E-state index >= 15 is 0 Å². The van der Waals surface area contributed by atoms with Crippen molar-refractivity contribution < 1.29 is 0 Å². The van der Waals surface area contributed by atoms with Crippen molar-refractivity contribution in [3.63, 3.8) is 0 Å². The molecule has 0 N–H and O–H groups in total. The molecule has 0 amide bonds. The predicted octanol–water partition coefficient (Wildman–Crippen LogP) is 17.1. The molecule has 2 aliphatic carbocycles. The van der Waals surface area contributed by atoms with Crippen LogP contribution in [-0.4, -0.2) is 4.57 Å². The van der Waals surface area contributed by atoms with Crippen LogP contribution in [0.2, 0.25) is 0 Å². The molecule has 2 aliphatic rings. The van der Waals surface area contributed by atoms with Crippen LogP contribution >= 0.6 is 0 Å². The van der Waals surface area contributed by atoms with Gasteiger partial charge in [0, 0.05) is 44.2 Å². The van der Waals surface area contributed by atoms with Gasteiger partial charge in [0.2, 0.25) is 0 Å². The molecule has 0 aliphatic heterocycles. The van der Waals surface area contributed by atoms with Crippen molar-refractivity contribution in [1.82, 2.24) is 4.57 Å². The third kappa shape index (κ3) is 6.22. The highest BCUT2D eigenvalue weighted by Gasteiger charge is 2.36. The van der Waals surface area contributed by atoms with Gasteiger partial charge in [0.05, 0.1) is 16.7 Å². The van der Waals surface area contributed by atoms with E-state index in [2.05, 4.69) is 224 Å². The Balaban J connectivity index is 1.06. The highest BCUT2D eigenvalue weighted by atomic mass is 15.1. The normalized spacial score (nSPS) is 14.6. The first-order valence-corrected chi connectivity index (χ1v) is 22.9. The Bertz CT molecular complexity index is 3330. The maximum Gasteiger partial charge on any atom is 0.0618 e. The number of benzene rings is 9. The van der Waals surface area contributed by atoms with Crippen molar-refractivity contribution >= 4 is 49.6 Å². The van der Waals surface area contributed by atoms with E-state index in [1.165, 1.54) is 120 Å². The lowest BCUT2D eigenvalue weighted by Gasteiger charge is -2.31. The quantitative estimate of drug-likeness (QED) is 0.156. The SMILES string of the molecule is CC1(C)c2ccccc2-c2ccc(N(c3ccc(-c4ccc(C5CCCCC5)cc4)cc3)c3c(-c4ccc5c6ccccc6n(-c6ccccc6)c5c4)ccc4ccccc34)cc21. The van der Waals surface area contributed by atoms with E-state index in [4.69, 9.17) is 0 Å². The van der Waals surface area contributed by atoms with Gasteiger partial charge >= 0.3 is 0 Å². The molecule has 0 radical (unpaired) electrons. The van der Waals surface area contributed by atoms with Crippen LogP contribution in [0.1, 0.15) is 68.6 Å². The van der Waals surface area contributed by atoms with Crippen molar-refractivity contribution in [3.8, 4) is 39.1 Å². The second kappa shape index (κ2) is 15.0. The van der Waals surface area contributed by atoms with Crippen molar-refractivity contribution in [1.29, 1.82) is 0 Å².